The summed E-state index contributed by atoms with van der Waals surface area (Å²) >= 11 is 0. The Balaban J connectivity index is 2.45. The lowest BCUT2D eigenvalue weighted by molar-refractivity contribution is 0.0955. The Labute approximate surface area is 158 Å². The van der Waals surface area contributed by atoms with Crippen LogP contribution in [0.4, 0.5) is 0 Å². The number of hydrogen-bond donors (Lipinski definition) is 1. The van der Waals surface area contributed by atoms with E-state index in [1.807, 2.05) is 40.7 Å². The smallest absolute Gasteiger partial charge is 0.336 e. The average Bonchev–Trinajstić information content (AvgIpc) is 2.52. The summed E-state index contributed by atoms with van der Waals surface area (Å²) in [5.41, 5.74) is 0.342. The number of ether oxygens (including phenoxy) is 1. The van der Waals surface area contributed by atoms with Crippen molar-refractivity contribution in [2.45, 2.75) is 59.5 Å². The molecule has 0 amide bonds. The molecule has 5 nitrogen and oxygen atoms in total. The van der Waals surface area contributed by atoms with E-state index in [9.17, 15) is 14.7 Å². The van der Waals surface area contributed by atoms with Crippen LogP contribution in [0.3, 0.4) is 0 Å². The minimum atomic E-state index is -0.638. The summed E-state index contributed by atoms with van der Waals surface area (Å²) < 4.78 is 11.5. The van der Waals surface area contributed by atoms with E-state index in [1.165, 1.54) is 6.07 Å². The first-order valence-electron chi connectivity index (χ1n) is 9.41. The highest BCUT2D eigenvalue weighted by molar-refractivity contribution is 6.12. The number of fused-ring (bicyclic) bond motifs is 2. The molecular formula is C22H26O5. The summed E-state index contributed by atoms with van der Waals surface area (Å²) in [7, 11) is 0. The molecule has 0 fully saturated rings. The number of rotatable bonds is 5. The Hall–Kier alpha value is -2.56. The zero-order valence-electron chi connectivity index (χ0n) is 16.5. The average molecular weight is 370 g/mol. The van der Waals surface area contributed by atoms with Crippen LogP contribution in [-0.4, -0.2) is 16.5 Å². The highest BCUT2D eigenvalue weighted by Gasteiger charge is 2.33. The van der Waals surface area contributed by atoms with Crippen LogP contribution in [0.2, 0.25) is 0 Å². The molecule has 3 rings (SSSR count). The van der Waals surface area contributed by atoms with E-state index < -0.39 is 11.2 Å². The lowest BCUT2D eigenvalue weighted by Crippen LogP contribution is -2.29. The van der Waals surface area contributed by atoms with Crippen molar-refractivity contribution in [1.82, 2.24) is 0 Å². The van der Waals surface area contributed by atoms with Gasteiger partial charge in [-0.15, -0.1) is 0 Å². The van der Waals surface area contributed by atoms with Gasteiger partial charge in [-0.3, -0.25) is 4.79 Å². The largest absolute Gasteiger partial charge is 0.506 e. The fraction of sp³-hybridized carbons (Fsp3) is 0.455. The topological polar surface area (TPSA) is 76.7 Å². The SMILES string of the molecule is CCCc1cc(=O)oc2c(C(=O)CC(C)C)c3c(c(O)c12)C=CC(C)(C)O3. The normalized spacial score (nSPS) is 15.0. The Bertz CT molecular complexity index is 992. The summed E-state index contributed by atoms with van der Waals surface area (Å²) in [4.78, 5) is 25.3. The third kappa shape index (κ3) is 3.51. The molecule has 1 aromatic heterocycles. The van der Waals surface area contributed by atoms with E-state index in [-0.39, 0.29) is 34.3 Å². The van der Waals surface area contributed by atoms with Crippen LogP contribution >= 0.6 is 0 Å². The van der Waals surface area contributed by atoms with Crippen molar-refractivity contribution in [1.29, 1.82) is 0 Å². The maximum absolute atomic E-state index is 13.1. The Morgan fingerprint density at radius 1 is 1.30 bits per heavy atom. The summed E-state index contributed by atoms with van der Waals surface area (Å²) in [6, 6.07) is 1.39. The molecule has 2 aromatic rings. The molecular weight excluding hydrogens is 344 g/mol. The second-order valence-electron chi connectivity index (χ2n) is 8.07. The molecule has 144 valence electrons. The van der Waals surface area contributed by atoms with Gasteiger partial charge in [-0.25, -0.2) is 4.79 Å². The zero-order valence-corrected chi connectivity index (χ0v) is 16.5. The highest BCUT2D eigenvalue weighted by Crippen LogP contribution is 2.46. The predicted octanol–water partition coefficient (Wildman–Crippen LogP) is 4.86. The molecule has 27 heavy (non-hydrogen) atoms. The maximum Gasteiger partial charge on any atom is 0.336 e. The van der Waals surface area contributed by atoms with E-state index in [1.54, 1.807) is 6.08 Å². The van der Waals surface area contributed by atoms with E-state index >= 15 is 0 Å². The third-order valence-electron chi connectivity index (χ3n) is 4.64. The molecule has 0 atom stereocenters. The van der Waals surface area contributed by atoms with Crippen molar-refractivity contribution in [2.75, 3.05) is 0 Å². The van der Waals surface area contributed by atoms with Crippen molar-refractivity contribution >= 4 is 22.8 Å². The minimum absolute atomic E-state index is 0.0138. The number of aromatic hydroxyl groups is 1. The molecule has 5 heteroatoms. The second-order valence-corrected chi connectivity index (χ2v) is 8.07. The first kappa shape index (κ1) is 19.2. The molecule has 0 unspecified atom stereocenters. The predicted molar refractivity (Wildman–Crippen MR) is 106 cm³/mol. The molecule has 1 aromatic carbocycles. The number of phenols is 1. The van der Waals surface area contributed by atoms with Gasteiger partial charge in [0.1, 0.15) is 22.7 Å². The zero-order chi connectivity index (χ0) is 19.9. The van der Waals surface area contributed by atoms with Crippen LogP contribution in [0.25, 0.3) is 17.0 Å². The van der Waals surface area contributed by atoms with Crippen LogP contribution in [0.1, 0.15) is 68.9 Å². The van der Waals surface area contributed by atoms with Crippen molar-refractivity contribution in [2.24, 2.45) is 5.92 Å². The standard InChI is InChI=1S/C22H26O5/c1-6-7-13-11-16(24)26-21-17(13)19(25)14-8-9-22(4,5)27-20(14)18(21)15(23)10-12(2)3/h8-9,11-12,25H,6-7,10H2,1-5H3. The first-order chi connectivity index (χ1) is 12.6. The summed E-state index contributed by atoms with van der Waals surface area (Å²) in [6.45, 7) is 9.64. The fourth-order valence-electron chi connectivity index (χ4n) is 3.49. The van der Waals surface area contributed by atoms with E-state index in [0.717, 1.165) is 6.42 Å². The van der Waals surface area contributed by atoms with Crippen LogP contribution in [0, 0.1) is 5.92 Å². The van der Waals surface area contributed by atoms with Gasteiger partial charge in [-0.2, -0.15) is 0 Å². The fourth-order valence-corrected chi connectivity index (χ4v) is 3.49. The summed E-state index contributed by atoms with van der Waals surface area (Å²) in [6.07, 6.45) is 5.31. The molecule has 0 bridgehead atoms. The molecule has 0 aliphatic carbocycles. The van der Waals surface area contributed by atoms with Gasteiger partial charge in [0, 0.05) is 12.5 Å². The van der Waals surface area contributed by atoms with E-state index in [4.69, 9.17) is 9.15 Å². The molecule has 1 aliphatic rings. The van der Waals surface area contributed by atoms with Gasteiger partial charge in [0.15, 0.2) is 11.4 Å². The quantitative estimate of drug-likeness (QED) is 0.600. The van der Waals surface area contributed by atoms with E-state index in [0.29, 0.717) is 29.4 Å². The van der Waals surface area contributed by atoms with Crippen molar-refractivity contribution < 1.29 is 19.1 Å². The first-order valence-corrected chi connectivity index (χ1v) is 9.41. The van der Waals surface area contributed by atoms with Crippen LogP contribution in [0.15, 0.2) is 21.4 Å². The molecule has 1 N–H and O–H groups in total. The molecule has 0 spiro atoms. The van der Waals surface area contributed by atoms with Crippen molar-refractivity contribution in [3.8, 4) is 11.5 Å². The number of carbonyl (C=O) groups excluding carboxylic acids is 1. The number of carbonyl (C=O) groups is 1. The number of benzene rings is 1. The van der Waals surface area contributed by atoms with Crippen molar-refractivity contribution in [3.63, 3.8) is 0 Å². The Kier molecular flexibility index (Phi) is 4.89. The Morgan fingerprint density at radius 3 is 2.63 bits per heavy atom. The van der Waals surface area contributed by atoms with Gasteiger partial charge in [-0.05, 0) is 43.9 Å². The lowest BCUT2D eigenvalue weighted by atomic mass is 9.90. The Morgan fingerprint density at radius 2 is 2.00 bits per heavy atom. The van der Waals surface area contributed by atoms with Gasteiger partial charge in [-0.1, -0.05) is 27.2 Å². The summed E-state index contributed by atoms with van der Waals surface area (Å²) in [5, 5.41) is 11.4. The maximum atomic E-state index is 13.1. The number of aryl methyl sites for hydroxylation is 1. The second kappa shape index (κ2) is 6.87. The molecule has 1 aliphatic heterocycles. The van der Waals surface area contributed by atoms with Crippen LogP contribution in [-0.2, 0) is 6.42 Å². The number of Topliss-reactive ketones (excluding diaryl/α,β-unsaturated/α-hetero) is 1. The highest BCUT2D eigenvalue weighted by atomic mass is 16.5. The number of ketones is 1. The molecule has 0 radical (unpaired) electrons. The minimum Gasteiger partial charge on any atom is -0.506 e. The van der Waals surface area contributed by atoms with Gasteiger partial charge < -0.3 is 14.3 Å². The van der Waals surface area contributed by atoms with Gasteiger partial charge >= 0.3 is 5.63 Å². The van der Waals surface area contributed by atoms with Crippen LogP contribution in [0.5, 0.6) is 11.5 Å². The number of hydrogen-bond acceptors (Lipinski definition) is 5. The third-order valence-corrected chi connectivity index (χ3v) is 4.64. The molecule has 2 heterocycles. The van der Waals surface area contributed by atoms with Crippen LogP contribution < -0.4 is 10.4 Å². The summed E-state index contributed by atoms with van der Waals surface area (Å²) in [5.74, 6) is 0.249. The van der Waals surface area contributed by atoms with Gasteiger partial charge in [0.2, 0.25) is 0 Å². The van der Waals surface area contributed by atoms with Gasteiger partial charge in [0.25, 0.3) is 0 Å². The monoisotopic (exact) mass is 370 g/mol. The van der Waals surface area contributed by atoms with Gasteiger partial charge in [0.05, 0.1) is 10.9 Å². The molecule has 0 saturated heterocycles. The van der Waals surface area contributed by atoms with Crippen molar-refractivity contribution in [3.05, 3.63) is 39.3 Å². The number of phenolic OH excluding ortho intramolecular Hbond substituents is 1. The lowest BCUT2D eigenvalue weighted by Gasteiger charge is -2.30. The molecule has 0 saturated carbocycles. The van der Waals surface area contributed by atoms with E-state index in [2.05, 4.69) is 0 Å².